The van der Waals surface area contributed by atoms with Gasteiger partial charge in [-0.3, -0.25) is 0 Å². The summed E-state index contributed by atoms with van der Waals surface area (Å²) in [6, 6.07) is 15.5. The Kier molecular flexibility index (Phi) is 9.11. The molecule has 0 atom stereocenters. The Labute approximate surface area is 236 Å². The van der Waals surface area contributed by atoms with E-state index in [1.54, 1.807) is 14.2 Å². The Hall–Kier alpha value is -3.30. The van der Waals surface area contributed by atoms with Gasteiger partial charge in [0.1, 0.15) is 17.3 Å². The molecular formula is C29H37FN7O2P. The summed E-state index contributed by atoms with van der Waals surface area (Å²) in [5.41, 5.74) is 2.70. The van der Waals surface area contributed by atoms with Crippen LogP contribution in [0.5, 0.6) is 0 Å². The van der Waals surface area contributed by atoms with Crippen LogP contribution in [0.4, 0.5) is 33.2 Å². The Bertz CT molecular complexity index is 1420. The standard InChI is InChI=1S/C29H37FN7O2P/c1-5-36(6-2)21-14-17-37(18-15-21)25-12-11-20(19-23(25)30)32-29-34-27-22(13-16-31-27)28(35-29)33-24-9-7-8-10-26(24)40(38-3)39-4/h7-13,16,19,21H,5-6,14-15,17-18H2,1-4H3,(H3,31,32,33,34,35). The number of rotatable bonds is 11. The third kappa shape index (κ3) is 6.05. The van der Waals surface area contributed by atoms with E-state index < -0.39 is 8.38 Å². The Morgan fingerprint density at radius 2 is 1.77 bits per heavy atom. The van der Waals surface area contributed by atoms with Gasteiger partial charge in [0.15, 0.2) is 0 Å². The highest BCUT2D eigenvalue weighted by Crippen LogP contribution is 2.38. The third-order valence-corrected chi connectivity index (χ3v) is 8.89. The molecule has 0 unspecified atom stereocenters. The van der Waals surface area contributed by atoms with Crippen molar-refractivity contribution in [2.45, 2.75) is 32.7 Å². The summed E-state index contributed by atoms with van der Waals surface area (Å²) in [5.74, 6) is 0.700. The number of aromatic nitrogens is 3. The van der Waals surface area contributed by atoms with Gasteiger partial charge in [-0.1, -0.05) is 26.0 Å². The van der Waals surface area contributed by atoms with Crippen LogP contribution in [0.3, 0.4) is 0 Å². The Balaban J connectivity index is 1.34. The van der Waals surface area contributed by atoms with Crippen LogP contribution in [0, 0.1) is 5.82 Å². The van der Waals surface area contributed by atoms with Gasteiger partial charge in [-0.25, -0.2) is 4.39 Å². The van der Waals surface area contributed by atoms with E-state index in [0.29, 0.717) is 34.8 Å². The Morgan fingerprint density at radius 1 is 1.02 bits per heavy atom. The van der Waals surface area contributed by atoms with Crippen molar-refractivity contribution >= 4 is 53.5 Å². The van der Waals surface area contributed by atoms with Crippen LogP contribution in [0.1, 0.15) is 26.7 Å². The zero-order chi connectivity index (χ0) is 28.1. The number of anilines is 5. The molecule has 0 saturated carbocycles. The number of piperidine rings is 1. The fourth-order valence-electron chi connectivity index (χ4n) is 5.41. The van der Waals surface area contributed by atoms with Crippen molar-refractivity contribution in [2.75, 3.05) is 55.9 Å². The summed E-state index contributed by atoms with van der Waals surface area (Å²) in [4.78, 5) is 17.1. The maximum atomic E-state index is 15.3. The zero-order valence-electron chi connectivity index (χ0n) is 23.4. The first-order chi connectivity index (χ1) is 19.5. The first kappa shape index (κ1) is 28.2. The molecule has 3 N–H and O–H groups in total. The van der Waals surface area contributed by atoms with Gasteiger partial charge in [-0.15, -0.1) is 0 Å². The molecule has 3 heterocycles. The number of benzene rings is 2. The van der Waals surface area contributed by atoms with Crippen LogP contribution in [-0.4, -0.2) is 66.3 Å². The van der Waals surface area contributed by atoms with Gasteiger partial charge < -0.3 is 34.5 Å². The lowest BCUT2D eigenvalue weighted by Crippen LogP contribution is -2.45. The zero-order valence-corrected chi connectivity index (χ0v) is 24.3. The number of nitrogens with zero attached hydrogens (tertiary/aromatic N) is 4. The number of hydrogen-bond acceptors (Lipinski definition) is 8. The smallest absolute Gasteiger partial charge is 0.231 e. The van der Waals surface area contributed by atoms with Gasteiger partial charge in [-0.2, -0.15) is 9.97 Å². The number of H-pyrrole nitrogens is 1. The molecule has 0 amide bonds. The van der Waals surface area contributed by atoms with Crippen molar-refractivity contribution in [3.05, 3.63) is 60.5 Å². The molecule has 0 aliphatic carbocycles. The minimum absolute atomic E-state index is 0.257. The van der Waals surface area contributed by atoms with E-state index in [1.807, 2.05) is 48.7 Å². The number of fused-ring (bicyclic) bond motifs is 1. The average Bonchev–Trinajstić information content (AvgIpc) is 3.45. The highest BCUT2D eigenvalue weighted by molar-refractivity contribution is 7.56. The van der Waals surface area contributed by atoms with Crippen LogP contribution in [0.25, 0.3) is 11.0 Å². The molecule has 212 valence electrons. The fraction of sp³-hybridized carbons (Fsp3) is 0.379. The highest BCUT2D eigenvalue weighted by Gasteiger charge is 2.24. The van der Waals surface area contributed by atoms with Crippen LogP contribution in [0.2, 0.25) is 0 Å². The first-order valence-corrected chi connectivity index (χ1v) is 14.9. The second kappa shape index (κ2) is 12.9. The molecule has 0 spiro atoms. The number of aromatic amines is 1. The summed E-state index contributed by atoms with van der Waals surface area (Å²) < 4.78 is 26.4. The molecule has 2 aromatic carbocycles. The lowest BCUT2D eigenvalue weighted by Gasteiger charge is -2.38. The number of nitrogens with one attached hydrogen (secondary N) is 3. The summed E-state index contributed by atoms with van der Waals surface area (Å²) in [6.07, 6.45) is 3.90. The number of para-hydroxylation sites is 1. The molecule has 9 nitrogen and oxygen atoms in total. The fourth-order valence-corrected chi connectivity index (χ4v) is 6.49. The molecule has 1 aliphatic rings. The molecule has 5 rings (SSSR count). The average molecular weight is 566 g/mol. The molecule has 1 fully saturated rings. The largest absolute Gasteiger partial charge is 0.369 e. The van der Waals surface area contributed by atoms with Crippen molar-refractivity contribution in [3.63, 3.8) is 0 Å². The van der Waals surface area contributed by atoms with Gasteiger partial charge >= 0.3 is 0 Å². The van der Waals surface area contributed by atoms with E-state index in [4.69, 9.17) is 14.0 Å². The molecule has 1 saturated heterocycles. The quantitative estimate of drug-likeness (QED) is 0.187. The number of halogens is 1. The highest BCUT2D eigenvalue weighted by atomic mass is 31.2. The molecule has 40 heavy (non-hydrogen) atoms. The minimum Gasteiger partial charge on any atom is -0.369 e. The lowest BCUT2D eigenvalue weighted by molar-refractivity contribution is 0.186. The normalized spacial score (nSPS) is 14.4. The van der Waals surface area contributed by atoms with E-state index in [1.165, 1.54) is 6.07 Å². The van der Waals surface area contributed by atoms with Gasteiger partial charge in [-0.05, 0) is 62.3 Å². The monoisotopic (exact) mass is 565 g/mol. The lowest BCUT2D eigenvalue weighted by atomic mass is 10.0. The summed E-state index contributed by atoms with van der Waals surface area (Å²) in [5, 5.41) is 8.34. The summed E-state index contributed by atoms with van der Waals surface area (Å²) >= 11 is 0. The molecule has 4 aromatic rings. The van der Waals surface area contributed by atoms with Gasteiger partial charge in [0, 0.05) is 45.2 Å². The van der Waals surface area contributed by atoms with Crippen molar-refractivity contribution in [1.29, 1.82) is 0 Å². The predicted molar refractivity (Wildman–Crippen MR) is 162 cm³/mol. The second-order valence-electron chi connectivity index (χ2n) is 9.63. The van der Waals surface area contributed by atoms with Gasteiger partial charge in [0.25, 0.3) is 0 Å². The van der Waals surface area contributed by atoms with Crippen molar-refractivity contribution in [1.82, 2.24) is 19.9 Å². The molecule has 11 heteroatoms. The van der Waals surface area contributed by atoms with Crippen LogP contribution >= 0.6 is 8.38 Å². The van der Waals surface area contributed by atoms with Crippen molar-refractivity contribution in [2.24, 2.45) is 0 Å². The summed E-state index contributed by atoms with van der Waals surface area (Å²) in [7, 11) is 2.01. The molecule has 0 radical (unpaired) electrons. The van der Waals surface area contributed by atoms with E-state index in [2.05, 4.69) is 44.2 Å². The minimum atomic E-state index is -1.25. The Morgan fingerprint density at radius 3 is 2.48 bits per heavy atom. The molecule has 2 aromatic heterocycles. The van der Waals surface area contributed by atoms with E-state index in [0.717, 1.165) is 55.4 Å². The van der Waals surface area contributed by atoms with Crippen LogP contribution in [-0.2, 0) is 9.05 Å². The van der Waals surface area contributed by atoms with E-state index in [9.17, 15) is 0 Å². The number of hydrogen-bond donors (Lipinski definition) is 3. The SMILES string of the molecule is CCN(CC)C1CCN(c2ccc(Nc3nc(Nc4ccccc4P(OC)OC)c4cc[nH]c4n3)cc2F)CC1. The molecular weight excluding hydrogens is 528 g/mol. The topological polar surface area (TPSA) is 90.6 Å². The first-order valence-electron chi connectivity index (χ1n) is 13.7. The van der Waals surface area contributed by atoms with Crippen molar-refractivity contribution in [3.8, 4) is 0 Å². The summed E-state index contributed by atoms with van der Waals surface area (Å²) in [6.45, 7) is 8.21. The second-order valence-corrected chi connectivity index (χ2v) is 11.4. The van der Waals surface area contributed by atoms with E-state index in [-0.39, 0.29) is 5.82 Å². The van der Waals surface area contributed by atoms with Gasteiger partial charge in [0.05, 0.1) is 22.1 Å². The maximum Gasteiger partial charge on any atom is 0.231 e. The van der Waals surface area contributed by atoms with Crippen LogP contribution < -0.4 is 20.8 Å². The maximum absolute atomic E-state index is 15.3. The third-order valence-electron chi connectivity index (χ3n) is 7.44. The predicted octanol–water partition coefficient (Wildman–Crippen LogP) is 6.12. The van der Waals surface area contributed by atoms with Crippen molar-refractivity contribution < 1.29 is 13.4 Å². The molecule has 1 aliphatic heterocycles. The molecule has 0 bridgehead atoms. The van der Waals surface area contributed by atoms with Crippen LogP contribution in [0.15, 0.2) is 54.7 Å². The van der Waals surface area contributed by atoms with E-state index >= 15 is 4.39 Å². The van der Waals surface area contributed by atoms with Gasteiger partial charge in [0.2, 0.25) is 14.3 Å².